The predicted molar refractivity (Wildman–Crippen MR) is 81.2 cm³/mol. The molecule has 3 aromatic heterocycles. The van der Waals surface area contributed by atoms with Crippen LogP contribution in [0.2, 0.25) is 0 Å². The van der Waals surface area contributed by atoms with Crippen LogP contribution in [0.15, 0.2) is 47.9 Å². The summed E-state index contributed by atoms with van der Waals surface area (Å²) < 4.78 is 1.64. The largest absolute Gasteiger partial charge is 0.289 e. The van der Waals surface area contributed by atoms with Crippen molar-refractivity contribution in [1.29, 1.82) is 0 Å². The Bertz CT molecular complexity index is 824. The van der Waals surface area contributed by atoms with Gasteiger partial charge in [0.25, 0.3) is 5.56 Å². The number of rotatable bonds is 3. The number of nitrogens with zero attached hydrogens (tertiary/aromatic N) is 4. The van der Waals surface area contributed by atoms with E-state index in [0.29, 0.717) is 10.9 Å². The third-order valence-electron chi connectivity index (χ3n) is 3.58. The maximum Gasteiger partial charge on any atom is 0.263 e. The molecule has 3 heterocycles. The summed E-state index contributed by atoms with van der Waals surface area (Å²) in [4.78, 5) is 25.4. The first kappa shape index (κ1) is 13.4. The molecular weight excluding hydrogens is 264 g/mol. The molecule has 1 unspecified atom stereocenters. The Balaban J connectivity index is 2.15. The quantitative estimate of drug-likeness (QED) is 0.739. The van der Waals surface area contributed by atoms with E-state index in [4.69, 9.17) is 0 Å². The Morgan fingerprint density at radius 2 is 2.05 bits per heavy atom. The SMILES string of the molecule is CCC(c1ccc(C)cn1)n1cnc2ccncc2c1=O. The minimum Gasteiger partial charge on any atom is -0.289 e. The van der Waals surface area contributed by atoms with Gasteiger partial charge >= 0.3 is 0 Å². The Morgan fingerprint density at radius 3 is 2.76 bits per heavy atom. The number of aromatic nitrogens is 4. The number of pyridine rings is 2. The standard InChI is InChI=1S/C16H16N4O/c1-3-15(14-5-4-11(2)8-18-14)20-10-19-13-6-7-17-9-12(13)16(20)21/h4-10,15H,3H2,1-2H3. The molecule has 1 atom stereocenters. The van der Waals surface area contributed by atoms with Crippen molar-refractivity contribution in [2.24, 2.45) is 0 Å². The Hall–Kier alpha value is -2.56. The lowest BCUT2D eigenvalue weighted by Crippen LogP contribution is -2.26. The molecular formula is C16H16N4O. The Labute approximate surface area is 122 Å². The van der Waals surface area contributed by atoms with E-state index in [0.717, 1.165) is 17.7 Å². The van der Waals surface area contributed by atoms with Crippen LogP contribution in [0.4, 0.5) is 0 Å². The lowest BCUT2D eigenvalue weighted by molar-refractivity contribution is 0.531. The zero-order chi connectivity index (χ0) is 14.8. The van der Waals surface area contributed by atoms with Crippen molar-refractivity contribution in [2.45, 2.75) is 26.3 Å². The summed E-state index contributed by atoms with van der Waals surface area (Å²) in [5.74, 6) is 0. The van der Waals surface area contributed by atoms with E-state index in [1.807, 2.05) is 32.2 Å². The molecule has 5 heteroatoms. The molecule has 0 spiro atoms. The highest BCUT2D eigenvalue weighted by molar-refractivity contribution is 5.75. The second-order valence-electron chi connectivity index (χ2n) is 5.03. The van der Waals surface area contributed by atoms with Crippen LogP contribution < -0.4 is 5.56 Å². The summed E-state index contributed by atoms with van der Waals surface area (Å²) in [6, 6.07) is 5.59. The average molecular weight is 280 g/mol. The third kappa shape index (κ3) is 2.42. The summed E-state index contributed by atoms with van der Waals surface area (Å²) >= 11 is 0. The molecule has 5 nitrogen and oxygen atoms in total. The summed E-state index contributed by atoms with van der Waals surface area (Å²) in [6.45, 7) is 4.03. The first-order chi connectivity index (χ1) is 10.2. The van der Waals surface area contributed by atoms with Crippen LogP contribution in [0.25, 0.3) is 10.9 Å². The van der Waals surface area contributed by atoms with E-state index in [1.165, 1.54) is 0 Å². The zero-order valence-corrected chi connectivity index (χ0v) is 12.0. The van der Waals surface area contributed by atoms with E-state index >= 15 is 0 Å². The maximum atomic E-state index is 12.6. The van der Waals surface area contributed by atoms with Gasteiger partial charge in [-0.25, -0.2) is 4.98 Å². The maximum absolute atomic E-state index is 12.6. The molecule has 0 fully saturated rings. The van der Waals surface area contributed by atoms with Gasteiger partial charge in [0.15, 0.2) is 0 Å². The van der Waals surface area contributed by atoms with Crippen molar-refractivity contribution >= 4 is 10.9 Å². The lowest BCUT2D eigenvalue weighted by Gasteiger charge is -2.17. The Morgan fingerprint density at radius 1 is 1.19 bits per heavy atom. The van der Waals surface area contributed by atoms with Crippen LogP contribution in [0.3, 0.4) is 0 Å². The van der Waals surface area contributed by atoms with Crippen molar-refractivity contribution in [3.63, 3.8) is 0 Å². The molecule has 0 saturated carbocycles. The molecule has 0 aliphatic rings. The second-order valence-corrected chi connectivity index (χ2v) is 5.03. The monoisotopic (exact) mass is 280 g/mol. The molecule has 0 N–H and O–H groups in total. The molecule has 0 aliphatic heterocycles. The van der Waals surface area contributed by atoms with Crippen molar-refractivity contribution in [3.8, 4) is 0 Å². The molecule has 106 valence electrons. The van der Waals surface area contributed by atoms with Gasteiger partial charge in [0.05, 0.1) is 29.0 Å². The summed E-state index contributed by atoms with van der Waals surface area (Å²) in [7, 11) is 0. The first-order valence-electron chi connectivity index (χ1n) is 6.94. The average Bonchev–Trinajstić information content (AvgIpc) is 2.52. The van der Waals surface area contributed by atoms with Gasteiger partial charge in [0, 0.05) is 18.6 Å². The van der Waals surface area contributed by atoms with E-state index in [2.05, 4.69) is 15.0 Å². The minimum atomic E-state index is -0.116. The molecule has 0 radical (unpaired) electrons. The van der Waals surface area contributed by atoms with E-state index in [9.17, 15) is 4.79 Å². The van der Waals surface area contributed by atoms with Gasteiger partial charge in [-0.15, -0.1) is 0 Å². The number of aryl methyl sites for hydroxylation is 1. The van der Waals surface area contributed by atoms with Crippen LogP contribution in [-0.2, 0) is 0 Å². The van der Waals surface area contributed by atoms with Crippen LogP contribution in [0.1, 0.15) is 30.6 Å². The number of hydrogen-bond acceptors (Lipinski definition) is 4. The molecule has 0 aromatic carbocycles. The van der Waals surface area contributed by atoms with Crippen LogP contribution >= 0.6 is 0 Å². The highest BCUT2D eigenvalue weighted by atomic mass is 16.1. The topological polar surface area (TPSA) is 60.7 Å². The normalized spacial score (nSPS) is 12.5. The molecule has 0 amide bonds. The smallest absolute Gasteiger partial charge is 0.263 e. The van der Waals surface area contributed by atoms with Crippen LogP contribution in [-0.4, -0.2) is 19.5 Å². The minimum absolute atomic E-state index is 0.0812. The van der Waals surface area contributed by atoms with Crippen molar-refractivity contribution < 1.29 is 0 Å². The highest BCUT2D eigenvalue weighted by Crippen LogP contribution is 2.19. The van der Waals surface area contributed by atoms with Gasteiger partial charge in [-0.05, 0) is 31.0 Å². The highest BCUT2D eigenvalue weighted by Gasteiger charge is 2.16. The fourth-order valence-corrected chi connectivity index (χ4v) is 2.43. The third-order valence-corrected chi connectivity index (χ3v) is 3.58. The zero-order valence-electron chi connectivity index (χ0n) is 12.0. The second kappa shape index (κ2) is 5.44. The van der Waals surface area contributed by atoms with Gasteiger partial charge < -0.3 is 0 Å². The van der Waals surface area contributed by atoms with E-state index in [-0.39, 0.29) is 11.6 Å². The van der Waals surface area contributed by atoms with Crippen molar-refractivity contribution in [2.75, 3.05) is 0 Å². The number of fused-ring (bicyclic) bond motifs is 1. The van der Waals surface area contributed by atoms with Crippen molar-refractivity contribution in [3.05, 3.63) is 64.7 Å². The van der Waals surface area contributed by atoms with Crippen LogP contribution in [0, 0.1) is 6.92 Å². The van der Waals surface area contributed by atoms with Gasteiger partial charge in [-0.1, -0.05) is 13.0 Å². The summed E-state index contributed by atoms with van der Waals surface area (Å²) in [5, 5.41) is 0.533. The fourth-order valence-electron chi connectivity index (χ4n) is 2.43. The molecule has 0 saturated heterocycles. The molecule has 3 rings (SSSR count). The summed E-state index contributed by atoms with van der Waals surface area (Å²) in [6.07, 6.45) is 7.39. The van der Waals surface area contributed by atoms with Gasteiger partial charge in [0.2, 0.25) is 0 Å². The molecule has 0 aliphatic carbocycles. The summed E-state index contributed by atoms with van der Waals surface area (Å²) in [5.41, 5.74) is 2.55. The van der Waals surface area contributed by atoms with Gasteiger partial charge in [-0.2, -0.15) is 0 Å². The fraction of sp³-hybridized carbons (Fsp3) is 0.250. The Kier molecular flexibility index (Phi) is 3.48. The van der Waals surface area contributed by atoms with E-state index < -0.39 is 0 Å². The van der Waals surface area contributed by atoms with Gasteiger partial charge in [-0.3, -0.25) is 19.3 Å². The molecule has 3 aromatic rings. The molecule has 21 heavy (non-hydrogen) atoms. The van der Waals surface area contributed by atoms with Crippen LogP contribution in [0.5, 0.6) is 0 Å². The number of hydrogen-bond donors (Lipinski definition) is 0. The predicted octanol–water partition coefficient (Wildman–Crippen LogP) is 2.49. The van der Waals surface area contributed by atoms with Gasteiger partial charge in [0.1, 0.15) is 0 Å². The molecule has 0 bridgehead atoms. The van der Waals surface area contributed by atoms with Crippen molar-refractivity contribution in [1.82, 2.24) is 19.5 Å². The lowest BCUT2D eigenvalue weighted by atomic mass is 10.1. The first-order valence-corrected chi connectivity index (χ1v) is 6.94. The van der Waals surface area contributed by atoms with E-state index in [1.54, 1.807) is 29.4 Å².